The van der Waals surface area contributed by atoms with Crippen molar-refractivity contribution in [1.29, 1.82) is 0 Å². The van der Waals surface area contributed by atoms with Crippen LogP contribution in [-0.2, 0) is 0 Å². The lowest BCUT2D eigenvalue weighted by molar-refractivity contribution is 0.392. The number of pyridine rings is 1. The average Bonchev–Trinajstić information content (AvgIpc) is 2.77. The molecule has 2 rings (SSSR count). The first-order valence-corrected chi connectivity index (χ1v) is 5.89. The zero-order chi connectivity index (χ0) is 12.3. The van der Waals surface area contributed by atoms with Crippen molar-refractivity contribution in [2.45, 2.75) is 32.9 Å². The lowest BCUT2D eigenvalue weighted by atomic mass is 10.1. The van der Waals surface area contributed by atoms with Gasteiger partial charge in [-0.3, -0.25) is 4.98 Å². The maximum Gasteiger partial charge on any atom is 0.120 e. The molecule has 0 bridgehead atoms. The van der Waals surface area contributed by atoms with E-state index in [-0.39, 0.29) is 12.1 Å². The third-order valence-electron chi connectivity index (χ3n) is 2.87. The molecule has 0 aliphatic heterocycles. The Morgan fingerprint density at radius 3 is 2.59 bits per heavy atom. The zero-order valence-electron chi connectivity index (χ0n) is 10.5. The molecule has 3 nitrogen and oxygen atoms in total. The minimum atomic E-state index is 0.193. The molecule has 0 aliphatic rings. The zero-order valence-corrected chi connectivity index (χ0v) is 10.5. The number of aryl methyl sites for hydroxylation is 1. The minimum Gasteiger partial charge on any atom is -0.465 e. The molecule has 3 heteroatoms. The summed E-state index contributed by atoms with van der Waals surface area (Å²) < 4.78 is 5.60. The van der Waals surface area contributed by atoms with Gasteiger partial charge in [0.05, 0.1) is 6.04 Å². The third kappa shape index (κ3) is 2.94. The van der Waals surface area contributed by atoms with Gasteiger partial charge in [-0.15, -0.1) is 0 Å². The lowest BCUT2D eigenvalue weighted by Crippen LogP contribution is -2.22. The van der Waals surface area contributed by atoms with Gasteiger partial charge in [0.15, 0.2) is 0 Å². The predicted molar refractivity (Wildman–Crippen MR) is 67.6 cm³/mol. The molecular formula is C14H18N2O. The van der Waals surface area contributed by atoms with Gasteiger partial charge in [0, 0.05) is 18.4 Å². The molecule has 0 amide bonds. The summed E-state index contributed by atoms with van der Waals surface area (Å²) in [4.78, 5) is 4.13. The Hall–Kier alpha value is -1.61. The van der Waals surface area contributed by atoms with E-state index in [4.69, 9.17) is 4.42 Å². The van der Waals surface area contributed by atoms with Crippen molar-refractivity contribution in [3.05, 3.63) is 53.7 Å². The second-order valence-corrected chi connectivity index (χ2v) is 4.34. The number of nitrogens with one attached hydrogen (secondary N) is 1. The molecule has 0 spiro atoms. The normalized spacial score (nSPS) is 14.5. The van der Waals surface area contributed by atoms with Gasteiger partial charge < -0.3 is 9.73 Å². The van der Waals surface area contributed by atoms with Gasteiger partial charge in [0.1, 0.15) is 11.5 Å². The van der Waals surface area contributed by atoms with Crippen molar-refractivity contribution < 1.29 is 4.42 Å². The van der Waals surface area contributed by atoms with Gasteiger partial charge >= 0.3 is 0 Å². The lowest BCUT2D eigenvalue weighted by Gasteiger charge is -2.18. The van der Waals surface area contributed by atoms with Crippen molar-refractivity contribution in [1.82, 2.24) is 10.3 Å². The summed E-state index contributed by atoms with van der Waals surface area (Å²) in [6, 6.07) is 8.48. The molecule has 0 saturated carbocycles. The standard InChI is InChI=1S/C14H18N2O/c1-10-6-7-14(17-10)12(3)16-11(2)13-5-4-8-15-9-13/h4-9,11-12,16H,1-3H3. The Bertz CT molecular complexity index is 464. The van der Waals surface area contributed by atoms with Gasteiger partial charge in [-0.05, 0) is 44.5 Å². The van der Waals surface area contributed by atoms with Crippen LogP contribution in [0.1, 0.15) is 43.0 Å². The number of hydrogen-bond donors (Lipinski definition) is 1. The molecule has 2 atom stereocenters. The molecule has 0 aromatic carbocycles. The Morgan fingerprint density at radius 2 is 2.00 bits per heavy atom. The maximum absolute atomic E-state index is 5.60. The molecule has 2 heterocycles. The van der Waals surface area contributed by atoms with Crippen LogP contribution in [0, 0.1) is 6.92 Å². The van der Waals surface area contributed by atoms with Crippen LogP contribution in [0.15, 0.2) is 41.1 Å². The van der Waals surface area contributed by atoms with E-state index < -0.39 is 0 Å². The third-order valence-corrected chi connectivity index (χ3v) is 2.87. The highest BCUT2D eigenvalue weighted by molar-refractivity contribution is 5.15. The number of rotatable bonds is 4. The van der Waals surface area contributed by atoms with Crippen LogP contribution in [-0.4, -0.2) is 4.98 Å². The molecule has 0 aliphatic carbocycles. The molecule has 1 N–H and O–H groups in total. The highest BCUT2D eigenvalue weighted by Gasteiger charge is 2.13. The van der Waals surface area contributed by atoms with Crippen LogP contribution in [0.4, 0.5) is 0 Å². The number of furan rings is 1. The number of nitrogens with zero attached hydrogens (tertiary/aromatic N) is 1. The summed E-state index contributed by atoms with van der Waals surface area (Å²) in [6.07, 6.45) is 3.67. The van der Waals surface area contributed by atoms with E-state index in [1.54, 1.807) is 6.20 Å². The van der Waals surface area contributed by atoms with Crippen molar-refractivity contribution in [2.75, 3.05) is 0 Å². The Balaban J connectivity index is 2.02. The molecule has 2 unspecified atom stereocenters. The first kappa shape index (κ1) is 11.9. The molecule has 90 valence electrons. The molecular weight excluding hydrogens is 212 g/mol. The summed E-state index contributed by atoms with van der Waals surface area (Å²) in [5.74, 6) is 1.92. The fourth-order valence-electron chi connectivity index (χ4n) is 1.87. The Labute approximate surface area is 102 Å². The molecule has 0 saturated heterocycles. The highest BCUT2D eigenvalue weighted by Crippen LogP contribution is 2.20. The average molecular weight is 230 g/mol. The fraction of sp³-hybridized carbons (Fsp3) is 0.357. The summed E-state index contributed by atoms with van der Waals surface area (Å²) >= 11 is 0. The van der Waals surface area contributed by atoms with E-state index in [1.807, 2.05) is 31.3 Å². The van der Waals surface area contributed by atoms with Crippen LogP contribution in [0.3, 0.4) is 0 Å². The van der Waals surface area contributed by atoms with Gasteiger partial charge in [-0.1, -0.05) is 6.07 Å². The first-order chi connectivity index (χ1) is 8.16. The second kappa shape index (κ2) is 5.15. The van der Waals surface area contributed by atoms with Crippen LogP contribution in [0.25, 0.3) is 0 Å². The van der Waals surface area contributed by atoms with Crippen molar-refractivity contribution in [3.8, 4) is 0 Å². The minimum absolute atomic E-state index is 0.193. The SMILES string of the molecule is Cc1ccc(C(C)NC(C)c2cccnc2)o1. The molecule has 0 fully saturated rings. The fourth-order valence-corrected chi connectivity index (χ4v) is 1.87. The van der Waals surface area contributed by atoms with Crippen LogP contribution in [0.5, 0.6) is 0 Å². The topological polar surface area (TPSA) is 38.1 Å². The van der Waals surface area contributed by atoms with Crippen LogP contribution < -0.4 is 5.32 Å². The van der Waals surface area contributed by atoms with E-state index in [1.165, 1.54) is 5.56 Å². The largest absolute Gasteiger partial charge is 0.465 e. The first-order valence-electron chi connectivity index (χ1n) is 5.89. The molecule has 2 aromatic rings. The molecule has 2 aromatic heterocycles. The quantitative estimate of drug-likeness (QED) is 0.874. The van der Waals surface area contributed by atoms with Crippen molar-refractivity contribution in [2.24, 2.45) is 0 Å². The van der Waals surface area contributed by atoms with Gasteiger partial charge in [0.25, 0.3) is 0 Å². The van der Waals surface area contributed by atoms with Gasteiger partial charge in [-0.25, -0.2) is 0 Å². The summed E-state index contributed by atoms with van der Waals surface area (Å²) in [7, 11) is 0. The Kier molecular flexibility index (Phi) is 3.59. The summed E-state index contributed by atoms with van der Waals surface area (Å²) in [6.45, 7) is 6.19. The highest BCUT2D eigenvalue weighted by atomic mass is 16.3. The van der Waals surface area contributed by atoms with E-state index in [9.17, 15) is 0 Å². The maximum atomic E-state index is 5.60. The van der Waals surface area contributed by atoms with Gasteiger partial charge in [-0.2, -0.15) is 0 Å². The van der Waals surface area contributed by atoms with Crippen LogP contribution in [0.2, 0.25) is 0 Å². The van der Waals surface area contributed by atoms with E-state index in [2.05, 4.69) is 30.2 Å². The number of aromatic nitrogens is 1. The second-order valence-electron chi connectivity index (χ2n) is 4.34. The van der Waals surface area contributed by atoms with Crippen molar-refractivity contribution >= 4 is 0 Å². The number of hydrogen-bond acceptors (Lipinski definition) is 3. The summed E-state index contributed by atoms with van der Waals surface area (Å²) in [5.41, 5.74) is 1.18. The van der Waals surface area contributed by atoms with Gasteiger partial charge in [0.2, 0.25) is 0 Å². The van der Waals surface area contributed by atoms with E-state index >= 15 is 0 Å². The van der Waals surface area contributed by atoms with E-state index in [0.29, 0.717) is 0 Å². The molecule has 17 heavy (non-hydrogen) atoms. The van der Waals surface area contributed by atoms with Crippen LogP contribution >= 0.6 is 0 Å². The van der Waals surface area contributed by atoms with Crippen molar-refractivity contribution in [3.63, 3.8) is 0 Å². The van der Waals surface area contributed by atoms with E-state index in [0.717, 1.165) is 11.5 Å². The smallest absolute Gasteiger partial charge is 0.120 e. The Morgan fingerprint density at radius 1 is 1.18 bits per heavy atom. The molecule has 0 radical (unpaired) electrons. The monoisotopic (exact) mass is 230 g/mol. The predicted octanol–water partition coefficient (Wildman–Crippen LogP) is 3.39. The summed E-state index contributed by atoms with van der Waals surface area (Å²) in [5, 5.41) is 3.49.